The summed E-state index contributed by atoms with van der Waals surface area (Å²) in [6, 6.07) is 4.69. The minimum atomic E-state index is -3.62. The smallest absolute Gasteiger partial charge is 0.243 e. The number of aromatic nitrogens is 2. The Kier molecular flexibility index (Phi) is 4.18. The van der Waals surface area contributed by atoms with Gasteiger partial charge in [0.15, 0.2) is 11.5 Å². The van der Waals surface area contributed by atoms with Crippen LogP contribution in [0.2, 0.25) is 0 Å². The second-order valence-corrected chi connectivity index (χ2v) is 7.68. The fraction of sp³-hybridized carbons (Fsp3) is 0.375. The molecule has 1 aromatic heterocycles. The maximum atomic E-state index is 12.9. The zero-order chi connectivity index (χ0) is 17.3. The first-order chi connectivity index (χ1) is 12.1. The Morgan fingerprint density at radius 3 is 2.80 bits per heavy atom. The van der Waals surface area contributed by atoms with Crippen LogP contribution in [0.3, 0.4) is 0 Å². The van der Waals surface area contributed by atoms with Crippen LogP contribution < -0.4 is 14.2 Å². The van der Waals surface area contributed by atoms with Crippen LogP contribution in [-0.2, 0) is 10.0 Å². The van der Waals surface area contributed by atoms with Crippen LogP contribution >= 0.6 is 0 Å². The van der Waals surface area contributed by atoms with Crippen LogP contribution in [0.25, 0.3) is 0 Å². The van der Waals surface area contributed by atoms with E-state index in [9.17, 15) is 8.42 Å². The van der Waals surface area contributed by atoms with Gasteiger partial charge in [-0.2, -0.15) is 4.31 Å². The lowest BCUT2D eigenvalue weighted by Gasteiger charge is -2.21. The van der Waals surface area contributed by atoms with E-state index in [1.807, 2.05) is 0 Å². The standard InChI is InChI=1S/C16H17N3O5S/c20-25(21,13-1-2-14-15(9-13)23-8-7-22-14)19-6-3-12(11-19)24-16-10-17-4-5-18-16/h1-2,4-5,9-10,12H,3,6-8,11H2. The van der Waals surface area contributed by atoms with Gasteiger partial charge in [0.2, 0.25) is 15.9 Å². The minimum Gasteiger partial charge on any atom is -0.486 e. The van der Waals surface area contributed by atoms with Crippen molar-refractivity contribution in [2.75, 3.05) is 26.3 Å². The van der Waals surface area contributed by atoms with Gasteiger partial charge in [-0.1, -0.05) is 0 Å². The van der Waals surface area contributed by atoms with E-state index in [1.165, 1.54) is 22.8 Å². The van der Waals surface area contributed by atoms with Crippen molar-refractivity contribution in [1.29, 1.82) is 0 Å². The molecule has 1 saturated heterocycles. The van der Waals surface area contributed by atoms with Gasteiger partial charge in [0.05, 0.1) is 17.6 Å². The van der Waals surface area contributed by atoms with Crippen molar-refractivity contribution in [3.05, 3.63) is 36.8 Å². The van der Waals surface area contributed by atoms with Gasteiger partial charge in [0, 0.05) is 25.0 Å². The lowest BCUT2D eigenvalue weighted by molar-refractivity contribution is 0.171. The highest BCUT2D eigenvalue weighted by atomic mass is 32.2. The number of benzene rings is 1. The number of fused-ring (bicyclic) bond motifs is 1. The highest BCUT2D eigenvalue weighted by molar-refractivity contribution is 7.89. The topological polar surface area (TPSA) is 90.9 Å². The van der Waals surface area contributed by atoms with E-state index in [1.54, 1.807) is 18.3 Å². The number of hydrogen-bond acceptors (Lipinski definition) is 7. The van der Waals surface area contributed by atoms with Crippen molar-refractivity contribution in [2.24, 2.45) is 0 Å². The quantitative estimate of drug-likeness (QED) is 0.803. The third-order valence-corrected chi connectivity index (χ3v) is 5.95. The maximum Gasteiger partial charge on any atom is 0.243 e. The third kappa shape index (κ3) is 3.24. The first kappa shape index (κ1) is 16.1. The summed E-state index contributed by atoms with van der Waals surface area (Å²) in [6.07, 6.45) is 4.95. The molecule has 0 aliphatic carbocycles. The Hall–Kier alpha value is -2.39. The molecule has 0 radical (unpaired) electrons. The normalized spacial score (nSPS) is 20.4. The third-order valence-electron chi connectivity index (χ3n) is 4.09. The summed E-state index contributed by atoms with van der Waals surface area (Å²) >= 11 is 0. The molecule has 8 nitrogen and oxygen atoms in total. The summed E-state index contributed by atoms with van der Waals surface area (Å²) in [4.78, 5) is 8.18. The van der Waals surface area contributed by atoms with Crippen molar-refractivity contribution in [1.82, 2.24) is 14.3 Å². The molecule has 1 unspecified atom stereocenters. The van der Waals surface area contributed by atoms with Crippen molar-refractivity contribution >= 4 is 10.0 Å². The molecule has 9 heteroatoms. The average Bonchev–Trinajstić information content (AvgIpc) is 3.11. The van der Waals surface area contributed by atoms with Gasteiger partial charge in [-0.05, 0) is 18.6 Å². The van der Waals surface area contributed by atoms with Crippen molar-refractivity contribution < 1.29 is 22.6 Å². The van der Waals surface area contributed by atoms with Crippen LogP contribution in [0.5, 0.6) is 17.4 Å². The number of nitrogens with zero attached hydrogens (tertiary/aromatic N) is 3. The SMILES string of the molecule is O=S(=O)(c1ccc2c(c1)OCCO2)N1CCC(Oc2cnccn2)C1. The molecule has 0 saturated carbocycles. The zero-order valence-electron chi connectivity index (χ0n) is 13.4. The molecule has 2 aliphatic rings. The fourth-order valence-corrected chi connectivity index (χ4v) is 4.36. The van der Waals surface area contributed by atoms with Gasteiger partial charge >= 0.3 is 0 Å². The predicted octanol–water partition coefficient (Wildman–Crippen LogP) is 1.09. The number of hydrogen-bond donors (Lipinski definition) is 0. The summed E-state index contributed by atoms with van der Waals surface area (Å²) < 4.78 is 43.8. The van der Waals surface area contributed by atoms with Gasteiger partial charge < -0.3 is 14.2 Å². The molecule has 4 rings (SSSR count). The maximum absolute atomic E-state index is 12.9. The van der Waals surface area contributed by atoms with Crippen molar-refractivity contribution in [3.63, 3.8) is 0 Å². The average molecular weight is 363 g/mol. The molecule has 0 amide bonds. The number of ether oxygens (including phenoxy) is 3. The molecule has 0 N–H and O–H groups in total. The molecule has 0 bridgehead atoms. The van der Waals surface area contributed by atoms with Gasteiger partial charge in [0.25, 0.3) is 0 Å². The summed E-state index contributed by atoms with van der Waals surface area (Å²) in [6.45, 7) is 1.54. The van der Waals surface area contributed by atoms with Crippen LogP contribution in [0.4, 0.5) is 0 Å². The zero-order valence-corrected chi connectivity index (χ0v) is 14.2. The fourth-order valence-electron chi connectivity index (χ4n) is 2.86. The van der Waals surface area contributed by atoms with Crippen LogP contribution in [0.1, 0.15) is 6.42 Å². The minimum absolute atomic E-state index is 0.192. The Labute approximate surface area is 145 Å². The van der Waals surface area contributed by atoms with Crippen LogP contribution in [-0.4, -0.2) is 55.1 Å². The van der Waals surface area contributed by atoms with Crippen LogP contribution in [0.15, 0.2) is 41.7 Å². The van der Waals surface area contributed by atoms with Gasteiger partial charge in [-0.15, -0.1) is 0 Å². The Morgan fingerprint density at radius 1 is 1.16 bits per heavy atom. The van der Waals surface area contributed by atoms with E-state index in [0.717, 1.165) is 0 Å². The second kappa shape index (κ2) is 6.49. The van der Waals surface area contributed by atoms with Gasteiger partial charge in [0.1, 0.15) is 19.3 Å². The van der Waals surface area contributed by atoms with E-state index < -0.39 is 10.0 Å². The highest BCUT2D eigenvalue weighted by Gasteiger charge is 2.34. The Morgan fingerprint density at radius 2 is 2.00 bits per heavy atom. The lowest BCUT2D eigenvalue weighted by atomic mass is 10.3. The van der Waals surface area contributed by atoms with Crippen molar-refractivity contribution in [2.45, 2.75) is 17.4 Å². The first-order valence-electron chi connectivity index (χ1n) is 7.95. The summed E-state index contributed by atoms with van der Waals surface area (Å²) in [7, 11) is -3.62. The summed E-state index contributed by atoms with van der Waals surface area (Å²) in [5.41, 5.74) is 0. The van der Waals surface area contributed by atoms with Crippen molar-refractivity contribution in [3.8, 4) is 17.4 Å². The van der Waals surface area contributed by atoms with E-state index >= 15 is 0 Å². The molecule has 25 heavy (non-hydrogen) atoms. The Balaban J connectivity index is 1.49. The summed E-state index contributed by atoms with van der Waals surface area (Å²) in [5, 5.41) is 0. The molecular weight excluding hydrogens is 346 g/mol. The molecule has 3 heterocycles. The monoisotopic (exact) mass is 363 g/mol. The molecule has 0 spiro atoms. The molecule has 1 aromatic carbocycles. The summed E-state index contributed by atoms with van der Waals surface area (Å²) in [5.74, 6) is 1.42. The number of rotatable bonds is 4. The van der Waals surface area contributed by atoms with E-state index in [0.29, 0.717) is 43.6 Å². The van der Waals surface area contributed by atoms with Crippen LogP contribution in [0, 0.1) is 0 Å². The number of sulfonamides is 1. The highest BCUT2D eigenvalue weighted by Crippen LogP contribution is 2.34. The predicted molar refractivity (Wildman–Crippen MR) is 87.3 cm³/mol. The molecule has 2 aliphatic heterocycles. The molecule has 2 aromatic rings. The first-order valence-corrected chi connectivity index (χ1v) is 9.39. The van der Waals surface area contributed by atoms with E-state index in [-0.39, 0.29) is 17.5 Å². The van der Waals surface area contributed by atoms with E-state index in [4.69, 9.17) is 14.2 Å². The molecule has 132 valence electrons. The lowest BCUT2D eigenvalue weighted by Crippen LogP contribution is -2.31. The van der Waals surface area contributed by atoms with Gasteiger partial charge in [-0.25, -0.2) is 13.4 Å². The molecule has 1 atom stereocenters. The van der Waals surface area contributed by atoms with E-state index in [2.05, 4.69) is 9.97 Å². The molecule has 1 fully saturated rings. The largest absolute Gasteiger partial charge is 0.486 e. The Bertz CT molecular complexity index is 859. The second-order valence-electron chi connectivity index (χ2n) is 5.74. The molecular formula is C16H17N3O5S. The van der Waals surface area contributed by atoms with Gasteiger partial charge in [-0.3, -0.25) is 4.98 Å².